The van der Waals surface area contributed by atoms with E-state index in [1.807, 2.05) is 0 Å². The summed E-state index contributed by atoms with van der Waals surface area (Å²) in [6, 6.07) is 1.39. The van der Waals surface area contributed by atoms with E-state index in [4.69, 9.17) is 9.15 Å². The van der Waals surface area contributed by atoms with Crippen molar-refractivity contribution in [2.75, 3.05) is 13.7 Å². The molecule has 2 bridgehead atoms. The average Bonchev–Trinajstić information content (AvgIpc) is 3.11. The Morgan fingerprint density at radius 3 is 2.16 bits per heavy atom. The van der Waals surface area contributed by atoms with Crippen LogP contribution in [0.3, 0.4) is 0 Å². The minimum atomic E-state index is -0.448. The first-order valence-corrected chi connectivity index (χ1v) is 14.5. The number of rotatable bonds is 5. The summed E-state index contributed by atoms with van der Waals surface area (Å²) in [5.74, 6) is 1.31. The second-order valence-electron chi connectivity index (χ2n) is 12.7. The van der Waals surface area contributed by atoms with Crippen LogP contribution < -0.4 is 16.3 Å². The fraction of sp³-hybridized carbons (Fsp3) is 0.688. The van der Waals surface area contributed by atoms with E-state index in [0.717, 1.165) is 17.6 Å². The molecule has 0 saturated heterocycles. The van der Waals surface area contributed by atoms with Gasteiger partial charge in [-0.05, 0) is 42.1 Å². The first-order valence-electron chi connectivity index (χ1n) is 14.5. The van der Waals surface area contributed by atoms with E-state index in [2.05, 4.69) is 49.7 Å². The van der Waals surface area contributed by atoms with Gasteiger partial charge in [-0.15, -0.1) is 5.73 Å². The molecule has 1 aromatic rings. The van der Waals surface area contributed by atoms with Crippen LogP contribution in [-0.2, 0) is 4.74 Å². The SMILES string of the molecule is COC1=c2oc(=O)cc3c2=C=C(C=C1C(C)(C)CC(C)(C)C1CCCCCCCCCCCC1)CN=N3. The Bertz CT molecular complexity index is 1230. The molecular weight excluding hydrogens is 460 g/mol. The molecule has 2 aliphatic carbocycles. The number of nitrogens with zero attached hydrogens (tertiary/aromatic N) is 2. The van der Waals surface area contributed by atoms with E-state index < -0.39 is 5.63 Å². The first-order chi connectivity index (χ1) is 17.7. The lowest BCUT2D eigenvalue weighted by Crippen LogP contribution is -2.35. The van der Waals surface area contributed by atoms with Crippen molar-refractivity contribution in [3.8, 4) is 0 Å². The topological polar surface area (TPSA) is 64.2 Å². The standard InChI is InChI=1S/C32H46N2O3/c1-31(2,24-16-14-12-10-8-6-7-9-11-13-15-17-24)22-32(3,4)26-19-23-18-25-27(34-33-21-23)20-28(35)37-29(25)30(26)36-5/h19-20,24H,6-17,21-22H2,1-5H3. The van der Waals surface area contributed by atoms with Crippen LogP contribution in [0.1, 0.15) is 111 Å². The van der Waals surface area contributed by atoms with Gasteiger partial charge in [0.05, 0.1) is 24.9 Å². The van der Waals surface area contributed by atoms with Gasteiger partial charge in [-0.3, -0.25) is 0 Å². The van der Waals surface area contributed by atoms with Crippen molar-refractivity contribution < 1.29 is 9.15 Å². The Hall–Kier alpha value is -2.39. The molecule has 0 radical (unpaired) electrons. The van der Waals surface area contributed by atoms with E-state index in [-0.39, 0.29) is 10.8 Å². The van der Waals surface area contributed by atoms with E-state index >= 15 is 0 Å². The molecular formula is C32H46N2O3. The lowest BCUT2D eigenvalue weighted by atomic mass is 9.63. The molecule has 0 N–H and O–H groups in total. The van der Waals surface area contributed by atoms with Gasteiger partial charge in [0.25, 0.3) is 0 Å². The Balaban J connectivity index is 1.65. The zero-order chi connectivity index (χ0) is 26.5. The summed E-state index contributed by atoms with van der Waals surface area (Å²) in [6.45, 7) is 9.96. The van der Waals surface area contributed by atoms with Crippen LogP contribution in [0, 0.1) is 16.7 Å². The molecule has 2 heterocycles. The molecule has 1 aliphatic heterocycles. The second-order valence-corrected chi connectivity index (χ2v) is 12.7. The number of hydrogen-bond donors (Lipinski definition) is 0. The van der Waals surface area contributed by atoms with Gasteiger partial charge in [-0.2, -0.15) is 10.2 Å². The third-order valence-corrected chi connectivity index (χ3v) is 8.71. The third kappa shape index (κ3) is 6.74. The maximum atomic E-state index is 12.4. The normalized spacial score (nSPS) is 20.3. The van der Waals surface area contributed by atoms with Gasteiger partial charge in [0.2, 0.25) is 0 Å². The smallest absolute Gasteiger partial charge is 0.338 e. The van der Waals surface area contributed by atoms with Crippen molar-refractivity contribution in [1.82, 2.24) is 0 Å². The van der Waals surface area contributed by atoms with Crippen LogP contribution in [0.25, 0.3) is 11.5 Å². The lowest BCUT2D eigenvalue weighted by Gasteiger charge is -2.42. The number of azo groups is 1. The minimum Gasteiger partial charge on any atom is -0.492 e. The van der Waals surface area contributed by atoms with Crippen molar-refractivity contribution in [3.63, 3.8) is 0 Å². The highest BCUT2D eigenvalue weighted by Gasteiger charge is 2.39. The number of hydrogen-bond acceptors (Lipinski definition) is 5. The van der Waals surface area contributed by atoms with Gasteiger partial charge in [0.15, 0.2) is 11.2 Å². The highest BCUT2D eigenvalue weighted by Crippen LogP contribution is 2.48. The molecule has 5 heteroatoms. The van der Waals surface area contributed by atoms with Crippen molar-refractivity contribution in [2.24, 2.45) is 27.0 Å². The first kappa shape index (κ1) is 27.6. The van der Waals surface area contributed by atoms with Crippen molar-refractivity contribution >= 4 is 17.2 Å². The van der Waals surface area contributed by atoms with Gasteiger partial charge in [-0.25, -0.2) is 4.79 Å². The summed E-state index contributed by atoms with van der Waals surface area (Å²) in [6.07, 6.45) is 19.6. The molecule has 0 amide bonds. The molecule has 1 saturated carbocycles. The monoisotopic (exact) mass is 506 g/mol. The molecule has 1 aromatic heterocycles. The minimum absolute atomic E-state index is 0.158. The van der Waals surface area contributed by atoms with Crippen LogP contribution >= 0.6 is 0 Å². The Morgan fingerprint density at radius 1 is 0.973 bits per heavy atom. The summed E-state index contributed by atoms with van der Waals surface area (Å²) in [5.41, 5.74) is 5.82. The van der Waals surface area contributed by atoms with Gasteiger partial charge < -0.3 is 9.15 Å². The maximum Gasteiger partial charge on any atom is 0.338 e. The van der Waals surface area contributed by atoms with E-state index in [0.29, 0.717) is 34.5 Å². The summed E-state index contributed by atoms with van der Waals surface area (Å²) < 4.78 is 11.7. The van der Waals surface area contributed by atoms with Crippen LogP contribution in [-0.4, -0.2) is 13.7 Å². The zero-order valence-electron chi connectivity index (χ0n) is 23.8. The predicted octanol–water partition coefficient (Wildman–Crippen LogP) is 7.49. The van der Waals surface area contributed by atoms with Crippen LogP contribution in [0.15, 0.2) is 42.7 Å². The quantitative estimate of drug-likeness (QED) is 0.415. The highest BCUT2D eigenvalue weighted by molar-refractivity contribution is 5.66. The summed E-state index contributed by atoms with van der Waals surface area (Å²) in [4.78, 5) is 12.4. The van der Waals surface area contributed by atoms with Crippen LogP contribution in [0.2, 0.25) is 0 Å². The molecule has 0 unspecified atom stereocenters. The number of ether oxygens (including phenoxy) is 1. The molecule has 5 nitrogen and oxygen atoms in total. The van der Waals surface area contributed by atoms with Gasteiger partial charge in [0.1, 0.15) is 5.69 Å². The van der Waals surface area contributed by atoms with Gasteiger partial charge in [0, 0.05) is 11.1 Å². The fourth-order valence-electron chi connectivity index (χ4n) is 6.88. The summed E-state index contributed by atoms with van der Waals surface area (Å²) in [5, 5.41) is 9.21. The van der Waals surface area contributed by atoms with E-state index in [9.17, 15) is 4.79 Å². The van der Waals surface area contributed by atoms with Crippen molar-refractivity contribution in [1.29, 1.82) is 0 Å². The molecule has 4 rings (SSSR count). The molecule has 202 valence electrons. The van der Waals surface area contributed by atoms with Crippen molar-refractivity contribution in [2.45, 2.75) is 111 Å². The van der Waals surface area contributed by atoms with E-state index in [1.54, 1.807) is 7.11 Å². The van der Waals surface area contributed by atoms with Crippen LogP contribution in [0.4, 0.5) is 5.69 Å². The van der Waals surface area contributed by atoms with Crippen molar-refractivity contribution in [3.05, 3.63) is 44.3 Å². The largest absolute Gasteiger partial charge is 0.492 e. The van der Waals surface area contributed by atoms with Gasteiger partial charge >= 0.3 is 5.63 Å². The lowest BCUT2D eigenvalue weighted by molar-refractivity contribution is 0.117. The van der Waals surface area contributed by atoms with E-state index in [1.165, 1.54) is 83.1 Å². The zero-order valence-corrected chi connectivity index (χ0v) is 23.8. The molecule has 37 heavy (non-hydrogen) atoms. The number of methoxy groups -OCH3 is 1. The molecule has 3 aliphatic rings. The predicted molar refractivity (Wildman–Crippen MR) is 150 cm³/mol. The Labute approximate surface area is 222 Å². The molecule has 0 aromatic carbocycles. The molecule has 1 fully saturated rings. The molecule has 0 atom stereocenters. The Morgan fingerprint density at radius 2 is 1.57 bits per heavy atom. The van der Waals surface area contributed by atoms with Crippen LogP contribution in [0.5, 0.6) is 0 Å². The highest BCUT2D eigenvalue weighted by atomic mass is 16.5. The maximum absolute atomic E-state index is 12.4. The summed E-state index contributed by atoms with van der Waals surface area (Å²) >= 11 is 0. The summed E-state index contributed by atoms with van der Waals surface area (Å²) in [7, 11) is 1.66. The third-order valence-electron chi connectivity index (χ3n) is 8.71. The average molecular weight is 507 g/mol. The van der Waals surface area contributed by atoms with Gasteiger partial charge in [-0.1, -0.05) is 91.9 Å². The molecule has 0 spiro atoms. The second kappa shape index (κ2) is 12.0. The fourth-order valence-corrected chi connectivity index (χ4v) is 6.88. The Kier molecular flexibility index (Phi) is 8.95.